The molecule has 110 valence electrons. The Kier molecular flexibility index (Phi) is 6.07. The van der Waals surface area contributed by atoms with E-state index in [2.05, 4.69) is 22.0 Å². The van der Waals surface area contributed by atoms with Gasteiger partial charge in [-0.2, -0.15) is 0 Å². The number of oxime groups is 1. The summed E-state index contributed by atoms with van der Waals surface area (Å²) in [4.78, 5) is 10.1. The molecule has 19 heavy (non-hydrogen) atoms. The van der Waals surface area contributed by atoms with Crippen molar-refractivity contribution in [1.82, 2.24) is 9.80 Å². The molecule has 0 unspecified atom stereocenters. The molecule has 0 aliphatic carbocycles. The van der Waals surface area contributed by atoms with Gasteiger partial charge in [-0.05, 0) is 33.4 Å². The predicted molar refractivity (Wildman–Crippen MR) is 76.6 cm³/mol. The van der Waals surface area contributed by atoms with Crippen LogP contribution >= 0.6 is 0 Å². The molecule has 0 aromatic rings. The molecule has 1 saturated heterocycles. The first-order chi connectivity index (χ1) is 9.24. The highest BCUT2D eigenvalue weighted by Crippen LogP contribution is 2.09. The molecular weight excluding hydrogens is 242 g/mol. The summed E-state index contributed by atoms with van der Waals surface area (Å²) in [5.41, 5.74) is 1.05. The van der Waals surface area contributed by atoms with Crippen molar-refractivity contribution in [2.45, 2.75) is 32.3 Å². The first-order valence-electron chi connectivity index (χ1n) is 7.44. The van der Waals surface area contributed by atoms with Crippen LogP contribution < -0.4 is 0 Å². The molecule has 0 bridgehead atoms. The van der Waals surface area contributed by atoms with E-state index in [1.165, 1.54) is 39.1 Å². The van der Waals surface area contributed by atoms with Crippen LogP contribution in [0.2, 0.25) is 0 Å². The SMILES string of the molecule is C[C@@H]1CC(COCCCCN2CCN(C)CC2)=NO1. The maximum Gasteiger partial charge on any atom is 0.130 e. The van der Waals surface area contributed by atoms with Crippen LogP contribution in [-0.4, -0.2) is 74.6 Å². The van der Waals surface area contributed by atoms with Gasteiger partial charge in [-0.25, -0.2) is 0 Å². The van der Waals surface area contributed by atoms with E-state index in [0.29, 0.717) is 6.61 Å². The average Bonchev–Trinajstić information content (AvgIpc) is 2.81. The molecular formula is C14H27N3O2. The first-order valence-corrected chi connectivity index (χ1v) is 7.44. The van der Waals surface area contributed by atoms with E-state index in [1.807, 2.05) is 6.92 Å². The zero-order chi connectivity index (χ0) is 13.5. The van der Waals surface area contributed by atoms with Crippen LogP contribution in [0.4, 0.5) is 0 Å². The zero-order valence-electron chi connectivity index (χ0n) is 12.3. The summed E-state index contributed by atoms with van der Waals surface area (Å²) in [6, 6.07) is 0. The van der Waals surface area contributed by atoms with Crippen molar-refractivity contribution in [3.8, 4) is 0 Å². The monoisotopic (exact) mass is 269 g/mol. The van der Waals surface area contributed by atoms with Gasteiger partial charge in [0.2, 0.25) is 0 Å². The predicted octanol–water partition coefficient (Wildman–Crippen LogP) is 1.20. The Bertz CT molecular complexity index is 288. The normalized spacial score (nSPS) is 25.4. The van der Waals surface area contributed by atoms with E-state index in [4.69, 9.17) is 9.57 Å². The number of piperazine rings is 1. The molecule has 0 aromatic carbocycles. The number of unbranched alkanes of at least 4 members (excludes halogenated alkanes) is 1. The van der Waals surface area contributed by atoms with Gasteiger partial charge in [0.25, 0.3) is 0 Å². The lowest BCUT2D eigenvalue weighted by Gasteiger charge is -2.32. The molecule has 0 radical (unpaired) electrons. The van der Waals surface area contributed by atoms with Gasteiger partial charge < -0.3 is 19.4 Å². The largest absolute Gasteiger partial charge is 0.392 e. The van der Waals surface area contributed by atoms with E-state index in [0.717, 1.165) is 25.2 Å². The van der Waals surface area contributed by atoms with Crippen molar-refractivity contribution in [2.75, 3.05) is 53.0 Å². The number of hydrogen-bond donors (Lipinski definition) is 0. The van der Waals surface area contributed by atoms with Gasteiger partial charge >= 0.3 is 0 Å². The molecule has 2 aliphatic rings. The van der Waals surface area contributed by atoms with E-state index in [9.17, 15) is 0 Å². The van der Waals surface area contributed by atoms with Crippen LogP contribution in [0.25, 0.3) is 0 Å². The highest BCUT2D eigenvalue weighted by Gasteiger charge is 2.16. The summed E-state index contributed by atoms with van der Waals surface area (Å²) in [5.74, 6) is 0. The summed E-state index contributed by atoms with van der Waals surface area (Å²) >= 11 is 0. The lowest BCUT2D eigenvalue weighted by atomic mass is 10.2. The summed E-state index contributed by atoms with van der Waals surface area (Å²) < 4.78 is 5.63. The lowest BCUT2D eigenvalue weighted by Crippen LogP contribution is -2.44. The summed E-state index contributed by atoms with van der Waals surface area (Å²) in [5, 5.41) is 3.99. The van der Waals surface area contributed by atoms with Crippen molar-refractivity contribution in [2.24, 2.45) is 5.16 Å². The van der Waals surface area contributed by atoms with Crippen LogP contribution in [0.5, 0.6) is 0 Å². The Labute approximate surface area is 116 Å². The van der Waals surface area contributed by atoms with Crippen LogP contribution in [0, 0.1) is 0 Å². The minimum atomic E-state index is 0.232. The highest BCUT2D eigenvalue weighted by molar-refractivity contribution is 5.86. The molecule has 0 saturated carbocycles. The number of ether oxygens (including phenoxy) is 1. The zero-order valence-corrected chi connectivity index (χ0v) is 12.3. The lowest BCUT2D eigenvalue weighted by molar-refractivity contribution is 0.0992. The second-order valence-corrected chi connectivity index (χ2v) is 5.68. The fourth-order valence-corrected chi connectivity index (χ4v) is 2.46. The van der Waals surface area contributed by atoms with Crippen LogP contribution in [0.1, 0.15) is 26.2 Å². The maximum absolute atomic E-state index is 5.63. The smallest absolute Gasteiger partial charge is 0.130 e. The van der Waals surface area contributed by atoms with Gasteiger partial charge in [-0.3, -0.25) is 0 Å². The van der Waals surface area contributed by atoms with Gasteiger partial charge in [-0.15, -0.1) is 0 Å². The molecule has 0 amide bonds. The molecule has 1 atom stereocenters. The minimum absolute atomic E-state index is 0.232. The summed E-state index contributed by atoms with van der Waals surface area (Å²) in [6.07, 6.45) is 3.51. The second kappa shape index (κ2) is 7.82. The summed E-state index contributed by atoms with van der Waals surface area (Å²) in [7, 11) is 2.20. The van der Waals surface area contributed by atoms with Crippen molar-refractivity contribution < 1.29 is 9.57 Å². The third-order valence-corrected chi connectivity index (χ3v) is 3.76. The molecule has 2 aliphatic heterocycles. The molecule has 1 fully saturated rings. The van der Waals surface area contributed by atoms with Crippen LogP contribution in [-0.2, 0) is 9.57 Å². The highest BCUT2D eigenvalue weighted by atomic mass is 16.6. The van der Waals surface area contributed by atoms with E-state index < -0.39 is 0 Å². The van der Waals surface area contributed by atoms with Gasteiger partial charge in [0, 0.05) is 39.2 Å². The second-order valence-electron chi connectivity index (χ2n) is 5.68. The number of likely N-dealkylation sites (N-methyl/N-ethyl adjacent to an activating group) is 1. The van der Waals surface area contributed by atoms with E-state index in [1.54, 1.807) is 0 Å². The Morgan fingerprint density at radius 3 is 2.74 bits per heavy atom. The molecule has 5 heteroatoms. The molecule has 0 N–H and O–H groups in total. The average molecular weight is 269 g/mol. The van der Waals surface area contributed by atoms with E-state index in [-0.39, 0.29) is 6.10 Å². The third-order valence-electron chi connectivity index (χ3n) is 3.76. The van der Waals surface area contributed by atoms with Crippen LogP contribution in [0.3, 0.4) is 0 Å². The van der Waals surface area contributed by atoms with Gasteiger partial charge in [0.1, 0.15) is 6.10 Å². The van der Waals surface area contributed by atoms with Crippen molar-refractivity contribution >= 4 is 5.71 Å². The number of rotatable bonds is 7. The fourth-order valence-electron chi connectivity index (χ4n) is 2.46. The Morgan fingerprint density at radius 1 is 1.26 bits per heavy atom. The number of hydrogen-bond acceptors (Lipinski definition) is 5. The van der Waals surface area contributed by atoms with Gasteiger partial charge in [0.05, 0.1) is 12.3 Å². The third kappa shape index (κ3) is 5.47. The topological polar surface area (TPSA) is 37.3 Å². The molecule has 5 nitrogen and oxygen atoms in total. The standard InChI is InChI=1S/C14H27N3O2/c1-13-11-14(15-19-13)12-18-10-4-3-5-17-8-6-16(2)7-9-17/h13H,3-12H2,1-2H3/t13-/m1/s1. The number of nitrogens with zero attached hydrogens (tertiary/aromatic N) is 3. The quantitative estimate of drug-likeness (QED) is 0.651. The van der Waals surface area contributed by atoms with E-state index >= 15 is 0 Å². The van der Waals surface area contributed by atoms with Crippen molar-refractivity contribution in [1.29, 1.82) is 0 Å². The van der Waals surface area contributed by atoms with Crippen molar-refractivity contribution in [3.05, 3.63) is 0 Å². The Hall–Kier alpha value is -0.650. The Morgan fingerprint density at radius 2 is 2.05 bits per heavy atom. The van der Waals surface area contributed by atoms with Crippen LogP contribution in [0.15, 0.2) is 5.16 Å². The summed E-state index contributed by atoms with van der Waals surface area (Å²) in [6.45, 7) is 9.54. The molecule has 2 rings (SSSR count). The molecule has 0 aromatic heterocycles. The van der Waals surface area contributed by atoms with Gasteiger partial charge in [-0.1, -0.05) is 5.16 Å². The molecule has 0 spiro atoms. The molecule has 2 heterocycles. The fraction of sp³-hybridized carbons (Fsp3) is 0.929. The van der Waals surface area contributed by atoms with Crippen molar-refractivity contribution in [3.63, 3.8) is 0 Å². The van der Waals surface area contributed by atoms with Gasteiger partial charge in [0.15, 0.2) is 0 Å². The Balaban J connectivity index is 1.42. The minimum Gasteiger partial charge on any atom is -0.392 e. The first kappa shape index (κ1) is 14.8. The maximum atomic E-state index is 5.63.